The minimum absolute atomic E-state index is 0.681. The molecule has 18 heavy (non-hydrogen) atoms. The largest absolute Gasteiger partial charge is 0.252 e. The van der Waals surface area contributed by atoms with Crippen LogP contribution in [-0.2, 0) is 19.4 Å². The molecule has 2 aromatic rings. The van der Waals surface area contributed by atoms with Gasteiger partial charge in [-0.1, -0.05) is 35.5 Å². The number of alkyl halides is 1. The zero-order valence-corrected chi connectivity index (χ0v) is 11.2. The maximum absolute atomic E-state index is 5.65. The van der Waals surface area contributed by atoms with E-state index in [1.54, 1.807) is 0 Å². The van der Waals surface area contributed by atoms with Crippen LogP contribution in [0.1, 0.15) is 24.1 Å². The molecule has 4 heteroatoms. The van der Waals surface area contributed by atoms with Gasteiger partial charge in [0.25, 0.3) is 0 Å². The zero-order chi connectivity index (χ0) is 12.6. The first-order valence-electron chi connectivity index (χ1n) is 6.37. The standard InChI is InChI=1S/C14H18ClN3/c15-10-4-9-14-12-18(17-16-14)11-5-8-13-6-2-1-3-7-13/h1-3,6-7,12H,4-5,8-11H2. The van der Waals surface area contributed by atoms with Crippen LogP contribution in [-0.4, -0.2) is 20.9 Å². The molecule has 1 aromatic heterocycles. The van der Waals surface area contributed by atoms with E-state index in [4.69, 9.17) is 11.6 Å². The summed E-state index contributed by atoms with van der Waals surface area (Å²) >= 11 is 5.65. The smallest absolute Gasteiger partial charge is 0.0827 e. The topological polar surface area (TPSA) is 30.7 Å². The second-order valence-electron chi connectivity index (χ2n) is 4.35. The quantitative estimate of drug-likeness (QED) is 0.719. The highest BCUT2D eigenvalue weighted by molar-refractivity contribution is 6.17. The molecule has 0 aliphatic carbocycles. The van der Waals surface area contributed by atoms with Gasteiger partial charge in [0, 0.05) is 18.6 Å². The van der Waals surface area contributed by atoms with Crippen LogP contribution in [0.4, 0.5) is 0 Å². The van der Waals surface area contributed by atoms with E-state index in [9.17, 15) is 0 Å². The van der Waals surface area contributed by atoms with E-state index in [1.807, 2.05) is 16.9 Å². The Kier molecular flexibility index (Phi) is 5.21. The number of benzene rings is 1. The van der Waals surface area contributed by atoms with Crippen molar-refractivity contribution in [3.63, 3.8) is 0 Å². The lowest BCUT2D eigenvalue weighted by atomic mass is 10.1. The molecule has 0 N–H and O–H groups in total. The number of hydrogen-bond acceptors (Lipinski definition) is 2. The maximum atomic E-state index is 5.65. The minimum atomic E-state index is 0.681. The number of nitrogens with zero attached hydrogens (tertiary/aromatic N) is 3. The molecule has 96 valence electrons. The summed E-state index contributed by atoms with van der Waals surface area (Å²) in [5.74, 6) is 0.681. The van der Waals surface area contributed by atoms with Crippen LogP contribution in [0.3, 0.4) is 0 Å². The lowest BCUT2D eigenvalue weighted by Crippen LogP contribution is -2.00. The summed E-state index contributed by atoms with van der Waals surface area (Å²) in [5.41, 5.74) is 2.41. The van der Waals surface area contributed by atoms with Gasteiger partial charge in [0.1, 0.15) is 0 Å². The highest BCUT2D eigenvalue weighted by atomic mass is 35.5. The van der Waals surface area contributed by atoms with Crippen molar-refractivity contribution in [3.8, 4) is 0 Å². The van der Waals surface area contributed by atoms with Crippen LogP contribution < -0.4 is 0 Å². The molecule has 3 nitrogen and oxygen atoms in total. The first kappa shape index (κ1) is 13.1. The zero-order valence-electron chi connectivity index (χ0n) is 10.4. The summed E-state index contributed by atoms with van der Waals surface area (Å²) in [6.45, 7) is 0.919. The predicted octanol–water partition coefficient (Wildman–Crippen LogP) is 3.08. The highest BCUT2D eigenvalue weighted by Gasteiger charge is 2.00. The van der Waals surface area contributed by atoms with Crippen LogP contribution in [0.2, 0.25) is 0 Å². The Bertz CT molecular complexity index is 453. The van der Waals surface area contributed by atoms with Gasteiger partial charge >= 0.3 is 0 Å². The van der Waals surface area contributed by atoms with Gasteiger partial charge in [0.2, 0.25) is 0 Å². The lowest BCUT2D eigenvalue weighted by molar-refractivity contribution is 0.558. The van der Waals surface area contributed by atoms with E-state index in [0.717, 1.165) is 37.9 Å². The van der Waals surface area contributed by atoms with Gasteiger partial charge in [-0.15, -0.1) is 16.7 Å². The van der Waals surface area contributed by atoms with Gasteiger partial charge in [-0.2, -0.15) is 0 Å². The molecule has 0 aliphatic rings. The Morgan fingerprint density at radius 3 is 2.67 bits per heavy atom. The number of rotatable bonds is 7. The third kappa shape index (κ3) is 4.15. The molecular weight excluding hydrogens is 246 g/mol. The summed E-state index contributed by atoms with van der Waals surface area (Å²) in [7, 11) is 0. The lowest BCUT2D eigenvalue weighted by Gasteiger charge is -2.01. The summed E-state index contributed by atoms with van der Waals surface area (Å²) in [6, 6.07) is 10.5. The van der Waals surface area contributed by atoms with E-state index >= 15 is 0 Å². The van der Waals surface area contributed by atoms with Crippen LogP contribution in [0.15, 0.2) is 36.5 Å². The molecular formula is C14H18ClN3. The Morgan fingerprint density at radius 2 is 1.89 bits per heavy atom. The molecule has 1 heterocycles. The molecule has 0 aliphatic heterocycles. The molecule has 0 saturated heterocycles. The van der Waals surface area contributed by atoms with Crippen LogP contribution in [0, 0.1) is 0 Å². The van der Waals surface area contributed by atoms with Crippen LogP contribution in [0.5, 0.6) is 0 Å². The monoisotopic (exact) mass is 263 g/mol. The number of halogens is 1. The Labute approximate surface area is 113 Å². The second kappa shape index (κ2) is 7.17. The molecule has 0 saturated carbocycles. The van der Waals surface area contributed by atoms with Crippen LogP contribution >= 0.6 is 11.6 Å². The second-order valence-corrected chi connectivity index (χ2v) is 4.73. The van der Waals surface area contributed by atoms with E-state index in [2.05, 4.69) is 34.6 Å². The summed E-state index contributed by atoms with van der Waals surface area (Å²) < 4.78 is 1.92. The SMILES string of the molecule is ClCCCc1cn(CCCc2ccccc2)nn1. The summed E-state index contributed by atoms with van der Waals surface area (Å²) in [6.07, 6.45) is 6.07. The Balaban J connectivity index is 1.75. The molecule has 0 spiro atoms. The van der Waals surface area contributed by atoms with Crippen molar-refractivity contribution in [2.75, 3.05) is 5.88 Å². The molecule has 1 aromatic carbocycles. The Morgan fingerprint density at radius 1 is 1.06 bits per heavy atom. The summed E-state index contributed by atoms with van der Waals surface area (Å²) in [4.78, 5) is 0. The van der Waals surface area contributed by atoms with Gasteiger partial charge in [0.15, 0.2) is 0 Å². The molecule has 0 amide bonds. The van der Waals surface area contributed by atoms with Crippen molar-refractivity contribution >= 4 is 11.6 Å². The molecule has 0 atom stereocenters. The molecule has 2 rings (SSSR count). The third-order valence-electron chi connectivity index (χ3n) is 2.85. The molecule has 0 fully saturated rings. The molecule has 0 unspecified atom stereocenters. The van der Waals surface area contributed by atoms with E-state index in [-0.39, 0.29) is 0 Å². The minimum Gasteiger partial charge on any atom is -0.252 e. The maximum Gasteiger partial charge on any atom is 0.0827 e. The number of aromatic nitrogens is 3. The van der Waals surface area contributed by atoms with Crippen molar-refractivity contribution in [2.45, 2.75) is 32.2 Å². The highest BCUT2D eigenvalue weighted by Crippen LogP contribution is 2.04. The fraction of sp³-hybridized carbons (Fsp3) is 0.429. The average Bonchev–Trinajstić information content (AvgIpc) is 2.85. The van der Waals surface area contributed by atoms with E-state index in [1.165, 1.54) is 5.56 Å². The van der Waals surface area contributed by atoms with Gasteiger partial charge in [-0.3, -0.25) is 4.68 Å². The molecule has 0 bridgehead atoms. The van der Waals surface area contributed by atoms with Crippen LogP contribution in [0.25, 0.3) is 0 Å². The number of aryl methyl sites for hydroxylation is 3. The van der Waals surface area contributed by atoms with Crippen molar-refractivity contribution in [1.29, 1.82) is 0 Å². The van der Waals surface area contributed by atoms with Crippen molar-refractivity contribution in [3.05, 3.63) is 47.8 Å². The first-order valence-corrected chi connectivity index (χ1v) is 6.91. The van der Waals surface area contributed by atoms with Gasteiger partial charge < -0.3 is 0 Å². The third-order valence-corrected chi connectivity index (χ3v) is 3.12. The van der Waals surface area contributed by atoms with E-state index < -0.39 is 0 Å². The fourth-order valence-electron chi connectivity index (χ4n) is 1.90. The molecule has 0 radical (unpaired) electrons. The number of hydrogen-bond donors (Lipinski definition) is 0. The Hall–Kier alpha value is -1.35. The average molecular weight is 264 g/mol. The van der Waals surface area contributed by atoms with Gasteiger partial charge in [-0.25, -0.2) is 0 Å². The van der Waals surface area contributed by atoms with E-state index in [0.29, 0.717) is 5.88 Å². The predicted molar refractivity (Wildman–Crippen MR) is 73.8 cm³/mol. The van der Waals surface area contributed by atoms with Crippen molar-refractivity contribution in [2.24, 2.45) is 0 Å². The normalized spacial score (nSPS) is 10.7. The fourth-order valence-corrected chi connectivity index (χ4v) is 2.03. The van der Waals surface area contributed by atoms with Gasteiger partial charge in [-0.05, 0) is 31.2 Å². The van der Waals surface area contributed by atoms with Crippen molar-refractivity contribution in [1.82, 2.24) is 15.0 Å². The van der Waals surface area contributed by atoms with Crippen molar-refractivity contribution < 1.29 is 0 Å². The summed E-state index contributed by atoms with van der Waals surface area (Å²) in [5, 5.41) is 8.26. The first-order chi connectivity index (χ1) is 8.88. The van der Waals surface area contributed by atoms with Gasteiger partial charge in [0.05, 0.1) is 5.69 Å².